The van der Waals surface area contributed by atoms with Gasteiger partial charge in [0.1, 0.15) is 5.75 Å². The summed E-state index contributed by atoms with van der Waals surface area (Å²) in [4.78, 5) is 14.1. The van der Waals surface area contributed by atoms with Crippen LogP contribution in [-0.2, 0) is 0 Å². The Balaban J connectivity index is 1.81. The molecule has 0 aliphatic rings. The Kier molecular flexibility index (Phi) is 4.81. The fourth-order valence-corrected chi connectivity index (χ4v) is 4.25. The molecular formula is C25H19N3OS. The maximum atomic E-state index is 10.4. The second-order valence-corrected chi connectivity index (χ2v) is 8.14. The summed E-state index contributed by atoms with van der Waals surface area (Å²) in [6, 6.07) is 26.0. The van der Waals surface area contributed by atoms with Crippen molar-refractivity contribution in [3.8, 4) is 28.5 Å². The number of rotatable bonds is 4. The van der Waals surface area contributed by atoms with Gasteiger partial charge >= 0.3 is 0 Å². The van der Waals surface area contributed by atoms with Crippen molar-refractivity contribution in [3.63, 3.8) is 0 Å². The maximum Gasteiger partial charge on any atom is 0.191 e. The maximum absolute atomic E-state index is 10.4. The smallest absolute Gasteiger partial charge is 0.191 e. The SMILES string of the molecule is CCSc1nc(-c2ccccc2O)nc(-c2cc3ccccc3c3ccccc23)n1. The number of benzene rings is 4. The molecule has 0 aliphatic carbocycles. The Bertz CT molecular complexity index is 1380. The summed E-state index contributed by atoms with van der Waals surface area (Å²) in [7, 11) is 0. The van der Waals surface area contributed by atoms with Crippen LogP contribution in [0.2, 0.25) is 0 Å². The first kappa shape index (κ1) is 18.6. The molecule has 1 aromatic heterocycles. The molecule has 1 heterocycles. The lowest BCUT2D eigenvalue weighted by Crippen LogP contribution is -2.00. The highest BCUT2D eigenvalue weighted by Crippen LogP contribution is 2.35. The highest BCUT2D eigenvalue weighted by Gasteiger charge is 2.16. The average molecular weight is 410 g/mol. The van der Waals surface area contributed by atoms with E-state index in [1.54, 1.807) is 23.9 Å². The molecule has 0 atom stereocenters. The van der Waals surface area contributed by atoms with Crippen molar-refractivity contribution in [2.45, 2.75) is 12.1 Å². The minimum atomic E-state index is 0.158. The van der Waals surface area contributed by atoms with Gasteiger partial charge in [-0.1, -0.05) is 79.3 Å². The number of fused-ring (bicyclic) bond motifs is 3. The number of nitrogens with zero attached hydrogens (tertiary/aromatic N) is 3. The van der Waals surface area contributed by atoms with Crippen LogP contribution in [0.25, 0.3) is 44.3 Å². The largest absolute Gasteiger partial charge is 0.507 e. The number of hydrogen-bond acceptors (Lipinski definition) is 5. The third-order valence-electron chi connectivity index (χ3n) is 5.04. The molecule has 0 unspecified atom stereocenters. The quantitative estimate of drug-likeness (QED) is 0.278. The Morgan fingerprint density at radius 2 is 1.33 bits per heavy atom. The molecule has 0 amide bonds. The zero-order valence-corrected chi connectivity index (χ0v) is 17.2. The second-order valence-electron chi connectivity index (χ2n) is 6.91. The van der Waals surface area contributed by atoms with Gasteiger partial charge < -0.3 is 5.11 Å². The first-order chi connectivity index (χ1) is 14.7. The minimum Gasteiger partial charge on any atom is -0.507 e. The van der Waals surface area contributed by atoms with Crippen molar-refractivity contribution < 1.29 is 5.11 Å². The first-order valence-corrected chi connectivity index (χ1v) is 10.8. The first-order valence-electron chi connectivity index (χ1n) is 9.82. The monoisotopic (exact) mass is 409 g/mol. The van der Waals surface area contributed by atoms with Gasteiger partial charge in [-0.3, -0.25) is 0 Å². The molecule has 0 aliphatic heterocycles. The molecule has 30 heavy (non-hydrogen) atoms. The van der Waals surface area contributed by atoms with Gasteiger partial charge in [0.15, 0.2) is 16.8 Å². The Morgan fingerprint density at radius 3 is 2.10 bits per heavy atom. The molecule has 0 saturated carbocycles. The molecule has 0 spiro atoms. The number of phenolic OH excluding ortho intramolecular Hbond substituents is 1. The number of para-hydroxylation sites is 1. The number of phenols is 1. The van der Waals surface area contributed by atoms with E-state index in [1.165, 1.54) is 10.8 Å². The Labute approximate surface area is 178 Å². The molecule has 4 aromatic carbocycles. The van der Waals surface area contributed by atoms with Crippen molar-refractivity contribution in [3.05, 3.63) is 78.9 Å². The molecule has 146 valence electrons. The highest BCUT2D eigenvalue weighted by molar-refractivity contribution is 7.99. The number of hydrogen-bond donors (Lipinski definition) is 1. The lowest BCUT2D eigenvalue weighted by molar-refractivity contribution is 0.477. The number of aromatic hydroxyl groups is 1. The Hall–Kier alpha value is -3.44. The summed E-state index contributed by atoms with van der Waals surface area (Å²) < 4.78 is 0. The van der Waals surface area contributed by atoms with Gasteiger partial charge in [-0.25, -0.2) is 15.0 Å². The Morgan fingerprint density at radius 1 is 0.700 bits per heavy atom. The molecular weight excluding hydrogens is 390 g/mol. The van der Waals surface area contributed by atoms with Gasteiger partial charge in [0.05, 0.1) is 5.56 Å². The van der Waals surface area contributed by atoms with Gasteiger partial charge in [-0.05, 0) is 45.5 Å². The van der Waals surface area contributed by atoms with Crippen molar-refractivity contribution >= 4 is 33.3 Å². The topological polar surface area (TPSA) is 58.9 Å². The summed E-state index contributed by atoms with van der Waals surface area (Å²) in [5.74, 6) is 2.10. The van der Waals surface area contributed by atoms with E-state index in [0.717, 1.165) is 22.1 Å². The molecule has 0 radical (unpaired) electrons. The van der Waals surface area contributed by atoms with E-state index in [2.05, 4.69) is 54.4 Å². The molecule has 0 saturated heterocycles. The predicted octanol–water partition coefficient (Wildman–Crippen LogP) is 6.33. The van der Waals surface area contributed by atoms with Crippen LogP contribution in [-0.4, -0.2) is 25.8 Å². The van der Waals surface area contributed by atoms with E-state index in [1.807, 2.05) is 24.3 Å². The van der Waals surface area contributed by atoms with Crippen LogP contribution in [0.3, 0.4) is 0 Å². The normalized spacial score (nSPS) is 11.2. The zero-order valence-electron chi connectivity index (χ0n) is 16.4. The van der Waals surface area contributed by atoms with Crippen LogP contribution in [0, 0.1) is 0 Å². The standard InChI is InChI=1S/C25H19N3OS/c1-2-30-25-27-23(20-13-7-8-14-22(20)29)26-24(28-25)21-15-16-9-3-4-10-17(16)18-11-5-6-12-19(18)21/h3-15,29H,2H2,1H3. The number of aromatic nitrogens is 3. The van der Waals surface area contributed by atoms with Gasteiger partial charge in [0.2, 0.25) is 0 Å². The van der Waals surface area contributed by atoms with Crippen LogP contribution >= 0.6 is 11.8 Å². The minimum absolute atomic E-state index is 0.158. The van der Waals surface area contributed by atoms with Crippen molar-refractivity contribution in [1.82, 2.24) is 15.0 Å². The summed E-state index contributed by atoms with van der Waals surface area (Å²) in [5.41, 5.74) is 1.56. The lowest BCUT2D eigenvalue weighted by Gasteiger charge is -2.12. The van der Waals surface area contributed by atoms with Crippen LogP contribution < -0.4 is 0 Å². The van der Waals surface area contributed by atoms with Gasteiger partial charge in [0.25, 0.3) is 0 Å². The molecule has 0 bridgehead atoms. The van der Waals surface area contributed by atoms with Crippen LogP contribution in [0.1, 0.15) is 6.92 Å². The molecule has 0 fully saturated rings. The molecule has 5 rings (SSSR count). The van der Waals surface area contributed by atoms with Crippen molar-refractivity contribution in [1.29, 1.82) is 0 Å². The molecule has 5 heteroatoms. The summed E-state index contributed by atoms with van der Waals surface area (Å²) >= 11 is 1.56. The van der Waals surface area contributed by atoms with E-state index >= 15 is 0 Å². The van der Waals surface area contributed by atoms with Crippen molar-refractivity contribution in [2.75, 3.05) is 5.75 Å². The van der Waals surface area contributed by atoms with E-state index in [9.17, 15) is 5.11 Å². The summed E-state index contributed by atoms with van der Waals surface area (Å²) in [6.45, 7) is 2.07. The summed E-state index contributed by atoms with van der Waals surface area (Å²) in [5, 5.41) is 15.6. The average Bonchev–Trinajstić information content (AvgIpc) is 2.79. The third kappa shape index (κ3) is 3.27. The van der Waals surface area contributed by atoms with Gasteiger partial charge in [-0.15, -0.1) is 0 Å². The predicted molar refractivity (Wildman–Crippen MR) is 124 cm³/mol. The van der Waals surface area contributed by atoms with E-state index < -0.39 is 0 Å². The molecule has 4 nitrogen and oxygen atoms in total. The fourth-order valence-electron chi connectivity index (χ4n) is 3.69. The van der Waals surface area contributed by atoms with Gasteiger partial charge in [-0.2, -0.15) is 0 Å². The fraction of sp³-hybridized carbons (Fsp3) is 0.0800. The summed E-state index contributed by atoms with van der Waals surface area (Å²) in [6.07, 6.45) is 0. The molecule has 5 aromatic rings. The van der Waals surface area contributed by atoms with Crippen LogP contribution in [0.5, 0.6) is 5.75 Å². The number of thioether (sulfide) groups is 1. The van der Waals surface area contributed by atoms with Crippen LogP contribution in [0.4, 0.5) is 0 Å². The van der Waals surface area contributed by atoms with E-state index in [0.29, 0.717) is 22.4 Å². The molecule has 1 N–H and O–H groups in total. The van der Waals surface area contributed by atoms with E-state index in [4.69, 9.17) is 9.97 Å². The second kappa shape index (κ2) is 7.76. The lowest BCUT2D eigenvalue weighted by atomic mass is 9.97. The van der Waals surface area contributed by atoms with E-state index in [-0.39, 0.29) is 5.75 Å². The van der Waals surface area contributed by atoms with Crippen molar-refractivity contribution in [2.24, 2.45) is 0 Å². The van der Waals surface area contributed by atoms with Crippen LogP contribution in [0.15, 0.2) is 84.0 Å². The van der Waals surface area contributed by atoms with Gasteiger partial charge in [0, 0.05) is 5.56 Å². The third-order valence-corrected chi connectivity index (χ3v) is 5.77. The highest BCUT2D eigenvalue weighted by atomic mass is 32.2. The zero-order chi connectivity index (χ0) is 20.5.